The van der Waals surface area contributed by atoms with E-state index >= 15 is 0 Å². The molecule has 0 N–H and O–H groups in total. The SMILES string of the molecule is N#Cc1ccc2c(c1)c1ccccc1n2-c1ccc(-c2cccc(-c3c(-n4c5ccccc5c5ccccc54)ccc(C#N)c3C#N)c2)cc1. The summed E-state index contributed by atoms with van der Waals surface area (Å²) in [6.07, 6.45) is 0. The third kappa shape index (κ3) is 4.31. The Morgan fingerprint density at radius 1 is 0.400 bits per heavy atom. The van der Waals surface area contributed by atoms with Gasteiger partial charge in [-0.2, -0.15) is 15.8 Å². The molecule has 0 radical (unpaired) electrons. The van der Waals surface area contributed by atoms with Gasteiger partial charge in [-0.15, -0.1) is 0 Å². The van der Waals surface area contributed by atoms with Crippen molar-refractivity contribution in [3.8, 4) is 51.8 Å². The highest BCUT2D eigenvalue weighted by Crippen LogP contribution is 2.40. The van der Waals surface area contributed by atoms with E-state index < -0.39 is 0 Å². The van der Waals surface area contributed by atoms with Crippen molar-refractivity contribution in [2.45, 2.75) is 0 Å². The molecule has 0 aliphatic heterocycles. The van der Waals surface area contributed by atoms with E-state index in [9.17, 15) is 15.8 Å². The second-order valence-corrected chi connectivity index (χ2v) is 12.3. The highest BCUT2D eigenvalue weighted by molar-refractivity contribution is 6.11. The first kappa shape index (κ1) is 28.8. The largest absolute Gasteiger partial charge is 0.309 e. The quantitative estimate of drug-likeness (QED) is 0.193. The van der Waals surface area contributed by atoms with Crippen LogP contribution < -0.4 is 0 Å². The Balaban J connectivity index is 1.20. The molecule has 50 heavy (non-hydrogen) atoms. The number of para-hydroxylation sites is 3. The van der Waals surface area contributed by atoms with Crippen LogP contribution in [0.5, 0.6) is 0 Å². The number of hydrogen-bond donors (Lipinski definition) is 0. The van der Waals surface area contributed by atoms with Gasteiger partial charge in [-0.05, 0) is 83.4 Å². The van der Waals surface area contributed by atoms with Gasteiger partial charge < -0.3 is 9.13 Å². The molecule has 2 aromatic heterocycles. The van der Waals surface area contributed by atoms with E-state index in [4.69, 9.17) is 0 Å². The lowest BCUT2D eigenvalue weighted by Gasteiger charge is -2.17. The van der Waals surface area contributed by atoms with Crippen LogP contribution in [0.4, 0.5) is 0 Å². The maximum Gasteiger partial charge on any atom is 0.101 e. The Morgan fingerprint density at radius 3 is 1.64 bits per heavy atom. The lowest BCUT2D eigenvalue weighted by atomic mass is 9.92. The summed E-state index contributed by atoms with van der Waals surface area (Å²) >= 11 is 0. The molecule has 9 rings (SSSR count). The van der Waals surface area contributed by atoms with E-state index in [2.05, 4.69) is 100 Å². The summed E-state index contributed by atoms with van der Waals surface area (Å²) in [5.74, 6) is 0. The summed E-state index contributed by atoms with van der Waals surface area (Å²) in [6, 6.07) is 57.9. The Morgan fingerprint density at radius 2 is 1.00 bits per heavy atom. The predicted octanol–water partition coefficient (Wildman–Crippen LogP) is 10.8. The third-order valence-electron chi connectivity index (χ3n) is 9.65. The lowest BCUT2D eigenvalue weighted by molar-refractivity contribution is 1.18. The zero-order valence-corrected chi connectivity index (χ0v) is 26.7. The zero-order valence-electron chi connectivity index (χ0n) is 26.7. The van der Waals surface area contributed by atoms with E-state index in [1.807, 2.05) is 72.8 Å². The minimum Gasteiger partial charge on any atom is -0.309 e. The van der Waals surface area contributed by atoms with Crippen LogP contribution >= 0.6 is 0 Å². The van der Waals surface area contributed by atoms with E-state index in [1.54, 1.807) is 6.07 Å². The fourth-order valence-electron chi connectivity index (χ4n) is 7.44. The molecular weight excluding hydrogens is 611 g/mol. The number of aromatic nitrogens is 2. The lowest BCUT2D eigenvalue weighted by Crippen LogP contribution is -2.01. The summed E-state index contributed by atoms with van der Waals surface area (Å²) in [5.41, 5.74) is 11.0. The fraction of sp³-hybridized carbons (Fsp3) is 0. The predicted molar refractivity (Wildman–Crippen MR) is 200 cm³/mol. The molecule has 0 saturated carbocycles. The fourth-order valence-corrected chi connectivity index (χ4v) is 7.44. The molecule has 0 unspecified atom stereocenters. The molecule has 5 heteroatoms. The summed E-state index contributed by atoms with van der Waals surface area (Å²) in [5, 5.41) is 34.5. The highest BCUT2D eigenvalue weighted by Gasteiger charge is 2.21. The summed E-state index contributed by atoms with van der Waals surface area (Å²) in [4.78, 5) is 0. The van der Waals surface area contributed by atoms with Gasteiger partial charge in [-0.3, -0.25) is 0 Å². The summed E-state index contributed by atoms with van der Waals surface area (Å²) in [7, 11) is 0. The number of fused-ring (bicyclic) bond motifs is 6. The van der Waals surface area contributed by atoms with Gasteiger partial charge >= 0.3 is 0 Å². The number of nitrogens with zero attached hydrogens (tertiary/aromatic N) is 5. The number of hydrogen-bond acceptors (Lipinski definition) is 3. The van der Waals surface area contributed by atoms with Gasteiger partial charge in [-0.1, -0.05) is 84.9 Å². The van der Waals surface area contributed by atoms with Crippen LogP contribution in [0.3, 0.4) is 0 Å². The molecule has 7 aromatic carbocycles. The molecule has 2 heterocycles. The third-order valence-corrected chi connectivity index (χ3v) is 9.65. The first-order chi connectivity index (χ1) is 24.7. The molecule has 0 aliphatic carbocycles. The molecule has 0 fully saturated rings. The van der Waals surface area contributed by atoms with Crippen molar-refractivity contribution in [2.24, 2.45) is 0 Å². The Hall–Kier alpha value is -7.39. The van der Waals surface area contributed by atoms with Crippen molar-refractivity contribution in [3.05, 3.63) is 168 Å². The van der Waals surface area contributed by atoms with Crippen molar-refractivity contribution < 1.29 is 0 Å². The Kier molecular flexibility index (Phi) is 6.56. The maximum absolute atomic E-state index is 10.5. The topological polar surface area (TPSA) is 81.2 Å². The molecule has 9 aromatic rings. The first-order valence-corrected chi connectivity index (χ1v) is 16.3. The smallest absolute Gasteiger partial charge is 0.101 e. The second-order valence-electron chi connectivity index (χ2n) is 12.3. The van der Waals surface area contributed by atoms with Crippen LogP contribution in [0.2, 0.25) is 0 Å². The van der Waals surface area contributed by atoms with Gasteiger partial charge in [0.15, 0.2) is 0 Å². The normalized spacial score (nSPS) is 11.1. The van der Waals surface area contributed by atoms with Crippen LogP contribution in [0, 0.1) is 34.0 Å². The number of nitriles is 3. The molecule has 0 aliphatic rings. The number of benzene rings is 7. The van der Waals surface area contributed by atoms with Crippen LogP contribution in [-0.4, -0.2) is 9.13 Å². The van der Waals surface area contributed by atoms with E-state index in [1.165, 1.54) is 0 Å². The van der Waals surface area contributed by atoms with Gasteiger partial charge in [0.1, 0.15) is 12.1 Å². The molecule has 230 valence electrons. The van der Waals surface area contributed by atoms with Gasteiger partial charge in [-0.25, -0.2) is 0 Å². The molecule has 0 amide bonds. The average molecular weight is 636 g/mol. The van der Waals surface area contributed by atoms with E-state index in [0.29, 0.717) is 16.7 Å². The standard InChI is InChI=1S/C45H25N5/c46-26-29-16-22-43-38(24-29)37-12-3-4-13-40(37)49(43)34-20-17-30(18-21-34)31-8-7-9-32(25-31)45-39(28-48)33(27-47)19-23-44(45)50-41-14-5-1-10-35(41)36-11-2-6-15-42(36)50/h1-25H. The molecular formula is C45H25N5. The monoisotopic (exact) mass is 635 g/mol. The van der Waals surface area contributed by atoms with Crippen molar-refractivity contribution in [1.29, 1.82) is 15.8 Å². The zero-order chi connectivity index (χ0) is 33.8. The summed E-state index contributed by atoms with van der Waals surface area (Å²) < 4.78 is 4.44. The van der Waals surface area contributed by atoms with E-state index in [0.717, 1.165) is 77.2 Å². The van der Waals surface area contributed by atoms with E-state index in [-0.39, 0.29) is 0 Å². The second kappa shape index (κ2) is 11.4. The van der Waals surface area contributed by atoms with Gasteiger partial charge in [0.25, 0.3) is 0 Å². The van der Waals surface area contributed by atoms with Gasteiger partial charge in [0.2, 0.25) is 0 Å². The summed E-state index contributed by atoms with van der Waals surface area (Å²) in [6.45, 7) is 0. The number of rotatable bonds is 4. The molecule has 0 saturated heterocycles. The molecule has 0 atom stereocenters. The molecule has 0 bridgehead atoms. The molecule has 5 nitrogen and oxygen atoms in total. The molecule has 0 spiro atoms. The van der Waals surface area contributed by atoms with Crippen LogP contribution in [0.15, 0.2) is 152 Å². The minimum absolute atomic E-state index is 0.342. The van der Waals surface area contributed by atoms with Crippen molar-refractivity contribution in [2.75, 3.05) is 0 Å². The minimum atomic E-state index is 0.342. The Labute approximate surface area is 287 Å². The van der Waals surface area contributed by atoms with Crippen molar-refractivity contribution >= 4 is 43.6 Å². The highest BCUT2D eigenvalue weighted by atomic mass is 15.0. The van der Waals surface area contributed by atoms with Crippen LogP contribution in [0.25, 0.3) is 77.2 Å². The maximum atomic E-state index is 10.5. The first-order valence-electron chi connectivity index (χ1n) is 16.3. The van der Waals surface area contributed by atoms with Crippen LogP contribution in [0.1, 0.15) is 16.7 Å². The Bertz CT molecular complexity index is 2900. The average Bonchev–Trinajstić information content (AvgIpc) is 3.70. The van der Waals surface area contributed by atoms with Crippen LogP contribution in [-0.2, 0) is 0 Å². The van der Waals surface area contributed by atoms with Crippen molar-refractivity contribution in [1.82, 2.24) is 9.13 Å². The van der Waals surface area contributed by atoms with Gasteiger partial charge in [0, 0.05) is 32.8 Å². The van der Waals surface area contributed by atoms with Crippen molar-refractivity contribution in [3.63, 3.8) is 0 Å². The van der Waals surface area contributed by atoms with Gasteiger partial charge in [0.05, 0.1) is 50.5 Å².